The summed E-state index contributed by atoms with van der Waals surface area (Å²) in [6.07, 6.45) is 9.36. The molecule has 1 aliphatic heterocycles. The number of hydrogen-bond acceptors (Lipinski definition) is 2. The molecule has 1 heterocycles. The van der Waals surface area contributed by atoms with E-state index in [0.29, 0.717) is 6.42 Å². The fraction of sp³-hybridized carbons (Fsp3) is 0.800. The average molecular weight is 251 g/mol. The molecule has 1 saturated heterocycles. The van der Waals surface area contributed by atoms with Crippen molar-refractivity contribution in [1.82, 2.24) is 4.90 Å². The third kappa shape index (κ3) is 3.58. The molecule has 0 spiro atoms. The second kappa shape index (κ2) is 6.37. The summed E-state index contributed by atoms with van der Waals surface area (Å²) in [7, 11) is 0. The molecular formula is C15H25NO2. The summed E-state index contributed by atoms with van der Waals surface area (Å²) in [4.78, 5) is 14.2. The highest BCUT2D eigenvalue weighted by atomic mass is 16.3. The van der Waals surface area contributed by atoms with Crippen LogP contribution in [-0.2, 0) is 4.79 Å². The Bertz CT molecular complexity index is 322. The second-order valence-corrected chi connectivity index (χ2v) is 5.77. The molecule has 0 aromatic rings. The zero-order valence-corrected chi connectivity index (χ0v) is 11.4. The van der Waals surface area contributed by atoms with E-state index in [4.69, 9.17) is 0 Å². The van der Waals surface area contributed by atoms with Gasteiger partial charge in [0.05, 0.1) is 6.10 Å². The number of aliphatic hydroxyl groups is 1. The standard InChI is InChI=1S/C15H25NO2/c1-12(17)14-8-5-9-16(11-14)15(18)10-13-6-3-2-4-7-13/h6,12,14,17H,2-5,7-11H2,1H3. The maximum atomic E-state index is 12.2. The zero-order valence-electron chi connectivity index (χ0n) is 11.4. The fourth-order valence-electron chi connectivity index (χ4n) is 3.00. The predicted octanol–water partition coefficient (Wildman–Crippen LogP) is 2.50. The normalized spacial score (nSPS) is 26.7. The lowest BCUT2D eigenvalue weighted by atomic mass is 9.92. The van der Waals surface area contributed by atoms with Gasteiger partial charge in [0.15, 0.2) is 0 Å². The van der Waals surface area contributed by atoms with Crippen LogP contribution in [0.1, 0.15) is 51.9 Å². The third-order valence-corrected chi connectivity index (χ3v) is 4.26. The van der Waals surface area contributed by atoms with Gasteiger partial charge in [0, 0.05) is 25.4 Å². The molecule has 0 aromatic heterocycles. The van der Waals surface area contributed by atoms with E-state index < -0.39 is 0 Å². The molecule has 1 fully saturated rings. The summed E-state index contributed by atoms with van der Waals surface area (Å²) >= 11 is 0. The minimum absolute atomic E-state index is 0.258. The van der Waals surface area contributed by atoms with E-state index in [0.717, 1.165) is 38.8 Å². The highest BCUT2D eigenvalue weighted by Gasteiger charge is 2.26. The zero-order chi connectivity index (χ0) is 13.0. The first-order valence-electron chi connectivity index (χ1n) is 7.30. The van der Waals surface area contributed by atoms with Crippen LogP contribution in [-0.4, -0.2) is 35.1 Å². The van der Waals surface area contributed by atoms with Gasteiger partial charge in [-0.3, -0.25) is 4.79 Å². The number of hydrogen-bond donors (Lipinski definition) is 1. The molecule has 3 heteroatoms. The Morgan fingerprint density at radius 1 is 1.50 bits per heavy atom. The predicted molar refractivity (Wildman–Crippen MR) is 72.2 cm³/mol. The monoisotopic (exact) mass is 251 g/mol. The van der Waals surface area contributed by atoms with Crippen LogP contribution >= 0.6 is 0 Å². The van der Waals surface area contributed by atoms with Crippen molar-refractivity contribution in [1.29, 1.82) is 0 Å². The highest BCUT2D eigenvalue weighted by molar-refractivity contribution is 5.78. The molecule has 18 heavy (non-hydrogen) atoms. The number of likely N-dealkylation sites (tertiary alicyclic amines) is 1. The summed E-state index contributed by atoms with van der Waals surface area (Å²) in [5, 5.41) is 9.65. The number of nitrogens with zero attached hydrogens (tertiary/aromatic N) is 1. The van der Waals surface area contributed by atoms with Gasteiger partial charge in [0.1, 0.15) is 0 Å². The highest BCUT2D eigenvalue weighted by Crippen LogP contribution is 2.24. The van der Waals surface area contributed by atoms with Crippen LogP contribution in [0.3, 0.4) is 0 Å². The molecule has 102 valence electrons. The molecule has 2 aliphatic rings. The number of rotatable bonds is 3. The van der Waals surface area contributed by atoms with Crippen LogP contribution in [0.25, 0.3) is 0 Å². The lowest BCUT2D eigenvalue weighted by molar-refractivity contribution is -0.133. The first kappa shape index (κ1) is 13.6. The molecule has 0 radical (unpaired) electrons. The molecule has 2 unspecified atom stereocenters. The number of allylic oxidation sites excluding steroid dienone is 1. The van der Waals surface area contributed by atoms with E-state index in [1.165, 1.54) is 18.4 Å². The Morgan fingerprint density at radius 3 is 3.00 bits per heavy atom. The second-order valence-electron chi connectivity index (χ2n) is 5.77. The number of amides is 1. The molecule has 1 amide bonds. The van der Waals surface area contributed by atoms with Crippen molar-refractivity contribution in [3.63, 3.8) is 0 Å². The van der Waals surface area contributed by atoms with Crippen molar-refractivity contribution in [3.8, 4) is 0 Å². The van der Waals surface area contributed by atoms with Gasteiger partial charge in [0.2, 0.25) is 5.91 Å². The smallest absolute Gasteiger partial charge is 0.226 e. The van der Waals surface area contributed by atoms with E-state index in [1.807, 2.05) is 11.8 Å². The van der Waals surface area contributed by atoms with Gasteiger partial charge in [-0.1, -0.05) is 11.6 Å². The van der Waals surface area contributed by atoms with Gasteiger partial charge in [-0.15, -0.1) is 0 Å². The van der Waals surface area contributed by atoms with Crippen LogP contribution in [0, 0.1) is 5.92 Å². The molecule has 3 nitrogen and oxygen atoms in total. The van der Waals surface area contributed by atoms with Crippen LogP contribution in [0.15, 0.2) is 11.6 Å². The third-order valence-electron chi connectivity index (χ3n) is 4.26. The minimum Gasteiger partial charge on any atom is -0.393 e. The molecule has 0 saturated carbocycles. The van der Waals surface area contributed by atoms with E-state index >= 15 is 0 Å². The van der Waals surface area contributed by atoms with Gasteiger partial charge in [-0.05, 0) is 45.4 Å². The minimum atomic E-state index is -0.297. The summed E-state index contributed by atoms with van der Waals surface area (Å²) < 4.78 is 0. The lowest BCUT2D eigenvalue weighted by Gasteiger charge is -2.34. The van der Waals surface area contributed by atoms with E-state index in [1.54, 1.807) is 0 Å². The van der Waals surface area contributed by atoms with Crippen molar-refractivity contribution in [2.45, 2.75) is 58.0 Å². The molecule has 1 N–H and O–H groups in total. The number of aliphatic hydroxyl groups excluding tert-OH is 1. The van der Waals surface area contributed by atoms with Crippen molar-refractivity contribution in [2.24, 2.45) is 5.92 Å². The topological polar surface area (TPSA) is 40.5 Å². The van der Waals surface area contributed by atoms with Crippen molar-refractivity contribution < 1.29 is 9.90 Å². The Morgan fingerprint density at radius 2 is 2.33 bits per heavy atom. The van der Waals surface area contributed by atoms with Crippen molar-refractivity contribution in [3.05, 3.63) is 11.6 Å². The van der Waals surface area contributed by atoms with Gasteiger partial charge in [0.25, 0.3) is 0 Å². The fourth-order valence-corrected chi connectivity index (χ4v) is 3.00. The first-order valence-corrected chi connectivity index (χ1v) is 7.30. The van der Waals surface area contributed by atoms with Crippen LogP contribution in [0.2, 0.25) is 0 Å². The molecule has 2 atom stereocenters. The number of piperidine rings is 1. The largest absolute Gasteiger partial charge is 0.393 e. The Labute approximate surface area is 110 Å². The Balaban J connectivity index is 1.86. The summed E-state index contributed by atoms with van der Waals surface area (Å²) in [6.45, 7) is 3.45. The number of carbonyl (C=O) groups is 1. The maximum absolute atomic E-state index is 12.2. The van der Waals surface area contributed by atoms with Crippen molar-refractivity contribution >= 4 is 5.91 Å². The quantitative estimate of drug-likeness (QED) is 0.783. The van der Waals surface area contributed by atoms with Crippen LogP contribution < -0.4 is 0 Å². The Kier molecular flexibility index (Phi) is 4.81. The molecular weight excluding hydrogens is 226 g/mol. The van der Waals surface area contributed by atoms with Gasteiger partial charge < -0.3 is 10.0 Å². The first-order chi connectivity index (χ1) is 8.66. The van der Waals surface area contributed by atoms with E-state index in [9.17, 15) is 9.90 Å². The molecule has 0 aromatic carbocycles. The molecule has 0 bridgehead atoms. The number of carbonyl (C=O) groups excluding carboxylic acids is 1. The van der Waals surface area contributed by atoms with E-state index in [2.05, 4.69) is 6.08 Å². The van der Waals surface area contributed by atoms with Gasteiger partial charge in [-0.2, -0.15) is 0 Å². The maximum Gasteiger partial charge on any atom is 0.226 e. The lowest BCUT2D eigenvalue weighted by Crippen LogP contribution is -2.43. The van der Waals surface area contributed by atoms with Crippen LogP contribution in [0.4, 0.5) is 0 Å². The molecule has 1 aliphatic carbocycles. The SMILES string of the molecule is CC(O)C1CCCN(C(=O)CC2=CCCCC2)C1. The molecule has 2 rings (SSSR count). The van der Waals surface area contributed by atoms with Crippen LogP contribution in [0.5, 0.6) is 0 Å². The summed E-state index contributed by atoms with van der Waals surface area (Å²) in [5.74, 6) is 0.525. The summed E-state index contributed by atoms with van der Waals surface area (Å²) in [5.41, 5.74) is 1.32. The summed E-state index contributed by atoms with van der Waals surface area (Å²) in [6, 6.07) is 0. The van der Waals surface area contributed by atoms with E-state index in [-0.39, 0.29) is 17.9 Å². The Hall–Kier alpha value is -0.830. The van der Waals surface area contributed by atoms with Gasteiger partial charge in [-0.25, -0.2) is 0 Å². The average Bonchev–Trinajstić information content (AvgIpc) is 2.40. The van der Waals surface area contributed by atoms with Gasteiger partial charge >= 0.3 is 0 Å². The van der Waals surface area contributed by atoms with Crippen molar-refractivity contribution in [2.75, 3.05) is 13.1 Å².